The van der Waals surface area contributed by atoms with Crippen molar-refractivity contribution in [1.82, 2.24) is 0 Å². The van der Waals surface area contributed by atoms with Crippen LogP contribution in [0.1, 0.15) is 19.4 Å². The minimum atomic E-state index is -4.04. The lowest BCUT2D eigenvalue weighted by atomic mass is 10.2. The van der Waals surface area contributed by atoms with Gasteiger partial charge in [-0.05, 0) is 28.7 Å². The Labute approximate surface area is 131 Å². The average Bonchev–Trinajstić information content (AvgIpc) is 2.62. The van der Waals surface area contributed by atoms with Gasteiger partial charge < -0.3 is 9.47 Å². The molecule has 2 rings (SSSR count). The van der Waals surface area contributed by atoms with Crippen LogP contribution in [0.25, 0.3) is 5.76 Å². The van der Waals surface area contributed by atoms with E-state index in [9.17, 15) is 8.42 Å². The number of benzene rings is 1. The Kier molecular flexibility index (Phi) is 4.28. The van der Waals surface area contributed by atoms with Gasteiger partial charge >= 0.3 is 10.3 Å². The van der Waals surface area contributed by atoms with E-state index in [0.717, 1.165) is 9.13 Å². The van der Waals surface area contributed by atoms with Gasteiger partial charge in [0.2, 0.25) is 5.79 Å². The molecule has 1 aliphatic heterocycles. The van der Waals surface area contributed by atoms with Crippen LogP contribution < -0.4 is 5.14 Å². The van der Waals surface area contributed by atoms with Gasteiger partial charge in [0, 0.05) is 23.0 Å². The lowest BCUT2D eigenvalue weighted by molar-refractivity contribution is -0.113. The predicted molar refractivity (Wildman–Crippen MR) is 81.4 cm³/mol. The molecule has 0 saturated carbocycles. The quantitative estimate of drug-likeness (QED) is 0.766. The van der Waals surface area contributed by atoms with Gasteiger partial charge in [0.15, 0.2) is 11.5 Å². The monoisotopic (exact) mass is 411 g/mol. The van der Waals surface area contributed by atoms with Crippen LogP contribution in [-0.2, 0) is 24.0 Å². The van der Waals surface area contributed by atoms with Crippen LogP contribution in [0.4, 0.5) is 0 Å². The summed E-state index contributed by atoms with van der Waals surface area (Å²) in [7, 11) is -4.04. The van der Waals surface area contributed by atoms with Crippen molar-refractivity contribution in [3.63, 3.8) is 0 Å². The Morgan fingerprint density at radius 3 is 2.55 bits per heavy atom. The highest BCUT2D eigenvalue weighted by molar-refractivity contribution is 14.1. The van der Waals surface area contributed by atoms with Crippen LogP contribution in [-0.4, -0.2) is 20.8 Å². The first-order chi connectivity index (χ1) is 9.18. The van der Waals surface area contributed by atoms with E-state index in [1.54, 1.807) is 13.8 Å². The van der Waals surface area contributed by atoms with Crippen LogP contribution in [0.2, 0.25) is 0 Å². The minimum Gasteiger partial charge on any atom is -0.451 e. The van der Waals surface area contributed by atoms with E-state index < -0.39 is 16.1 Å². The van der Waals surface area contributed by atoms with E-state index in [-0.39, 0.29) is 6.61 Å². The zero-order valence-electron chi connectivity index (χ0n) is 10.9. The Morgan fingerprint density at radius 1 is 1.30 bits per heavy atom. The van der Waals surface area contributed by atoms with Crippen molar-refractivity contribution in [2.45, 2.75) is 19.6 Å². The van der Waals surface area contributed by atoms with E-state index in [2.05, 4.69) is 26.8 Å². The van der Waals surface area contributed by atoms with Crippen LogP contribution >= 0.6 is 22.6 Å². The lowest BCUT2D eigenvalue weighted by Crippen LogP contribution is -2.22. The van der Waals surface area contributed by atoms with Gasteiger partial charge in [-0.1, -0.05) is 18.2 Å². The standard InChI is InChI=1S/C12H14INO5S/c1-12(2)18-10(7-17-20(14,15)16)11(19-12)8-5-3-4-6-9(8)13/h3-6H,7H2,1-2H3,(H2,14,15,16). The highest BCUT2D eigenvalue weighted by atomic mass is 127. The number of ether oxygens (including phenoxy) is 2. The molecule has 0 amide bonds. The molecule has 20 heavy (non-hydrogen) atoms. The second-order valence-electron chi connectivity index (χ2n) is 4.59. The first-order valence-electron chi connectivity index (χ1n) is 5.71. The minimum absolute atomic E-state index is 0.299. The molecule has 2 N–H and O–H groups in total. The Balaban J connectivity index is 2.36. The fourth-order valence-electron chi connectivity index (χ4n) is 1.75. The smallest absolute Gasteiger partial charge is 0.333 e. The van der Waals surface area contributed by atoms with Crippen LogP contribution in [0, 0.1) is 3.57 Å². The maximum atomic E-state index is 10.9. The molecule has 0 bridgehead atoms. The summed E-state index contributed by atoms with van der Waals surface area (Å²) in [5.74, 6) is -0.123. The fourth-order valence-corrected chi connectivity index (χ4v) is 2.65. The zero-order chi connectivity index (χ0) is 15.0. The maximum Gasteiger partial charge on any atom is 0.333 e. The molecule has 1 heterocycles. The second-order valence-corrected chi connectivity index (χ2v) is 6.97. The topological polar surface area (TPSA) is 87.9 Å². The first-order valence-corrected chi connectivity index (χ1v) is 8.26. The third-order valence-electron chi connectivity index (χ3n) is 2.44. The van der Waals surface area contributed by atoms with Crippen molar-refractivity contribution >= 4 is 38.7 Å². The molecule has 8 heteroatoms. The molecular weight excluding hydrogens is 397 g/mol. The van der Waals surface area contributed by atoms with Gasteiger partial charge in [-0.3, -0.25) is 0 Å². The summed E-state index contributed by atoms with van der Waals surface area (Å²) >= 11 is 2.16. The van der Waals surface area contributed by atoms with Gasteiger partial charge in [-0.15, -0.1) is 0 Å². The summed E-state index contributed by atoms with van der Waals surface area (Å²) in [6, 6.07) is 7.53. The van der Waals surface area contributed by atoms with E-state index in [1.807, 2.05) is 24.3 Å². The highest BCUT2D eigenvalue weighted by Crippen LogP contribution is 2.38. The molecule has 0 aromatic heterocycles. The molecule has 0 fully saturated rings. The molecule has 6 nitrogen and oxygen atoms in total. The summed E-state index contributed by atoms with van der Waals surface area (Å²) in [5.41, 5.74) is 0.812. The molecule has 1 aliphatic rings. The molecule has 1 aromatic rings. The number of hydrogen-bond donors (Lipinski definition) is 1. The third kappa shape index (κ3) is 3.84. The molecule has 0 aliphatic carbocycles. The van der Waals surface area contributed by atoms with Crippen LogP contribution in [0.15, 0.2) is 30.0 Å². The summed E-state index contributed by atoms with van der Waals surface area (Å²) in [6.45, 7) is 3.15. The summed E-state index contributed by atoms with van der Waals surface area (Å²) in [5, 5.41) is 4.82. The number of halogens is 1. The van der Waals surface area contributed by atoms with Gasteiger partial charge in [-0.25, -0.2) is 9.32 Å². The van der Waals surface area contributed by atoms with Crippen molar-refractivity contribution < 1.29 is 22.1 Å². The van der Waals surface area contributed by atoms with E-state index in [4.69, 9.17) is 14.6 Å². The summed E-state index contributed by atoms with van der Waals surface area (Å²) in [4.78, 5) is 0. The predicted octanol–water partition coefficient (Wildman–Crippen LogP) is 1.96. The number of rotatable bonds is 4. The Hall–Kier alpha value is -0.840. The maximum absolute atomic E-state index is 10.9. The van der Waals surface area contributed by atoms with Gasteiger partial charge in [0.1, 0.15) is 6.61 Å². The Morgan fingerprint density at radius 2 is 1.95 bits per heavy atom. The second kappa shape index (κ2) is 5.51. The van der Waals surface area contributed by atoms with E-state index in [0.29, 0.717) is 11.5 Å². The van der Waals surface area contributed by atoms with E-state index in [1.165, 1.54) is 0 Å². The number of hydrogen-bond acceptors (Lipinski definition) is 5. The van der Waals surface area contributed by atoms with Crippen molar-refractivity contribution in [3.05, 3.63) is 39.2 Å². The van der Waals surface area contributed by atoms with Gasteiger partial charge in [0.05, 0.1) is 0 Å². The molecule has 0 spiro atoms. The van der Waals surface area contributed by atoms with Crippen molar-refractivity contribution in [1.29, 1.82) is 0 Å². The van der Waals surface area contributed by atoms with Gasteiger partial charge in [-0.2, -0.15) is 8.42 Å². The molecule has 110 valence electrons. The highest BCUT2D eigenvalue weighted by Gasteiger charge is 2.35. The van der Waals surface area contributed by atoms with Crippen LogP contribution in [0.3, 0.4) is 0 Å². The normalized spacial score (nSPS) is 17.8. The summed E-state index contributed by atoms with van der Waals surface area (Å²) in [6.07, 6.45) is 0. The fraction of sp³-hybridized carbons (Fsp3) is 0.333. The third-order valence-corrected chi connectivity index (χ3v) is 3.83. The first kappa shape index (κ1) is 15.5. The lowest BCUT2D eigenvalue weighted by Gasteiger charge is -2.19. The zero-order valence-corrected chi connectivity index (χ0v) is 13.9. The largest absolute Gasteiger partial charge is 0.451 e. The summed E-state index contributed by atoms with van der Waals surface area (Å²) < 4.78 is 38.6. The van der Waals surface area contributed by atoms with Crippen LogP contribution in [0.5, 0.6) is 0 Å². The molecule has 0 radical (unpaired) electrons. The molecule has 0 atom stereocenters. The molecule has 0 unspecified atom stereocenters. The van der Waals surface area contributed by atoms with Crippen molar-refractivity contribution in [3.8, 4) is 0 Å². The Bertz CT molecular complexity index is 654. The molecule has 0 saturated heterocycles. The molecular formula is C12H14INO5S. The number of nitrogens with two attached hydrogens (primary N) is 1. The SMILES string of the molecule is CC1(C)OC(COS(N)(=O)=O)=C(c2ccccc2I)O1. The van der Waals surface area contributed by atoms with E-state index >= 15 is 0 Å². The molecule has 1 aromatic carbocycles. The van der Waals surface area contributed by atoms with Crippen molar-refractivity contribution in [2.75, 3.05) is 6.61 Å². The average molecular weight is 411 g/mol. The van der Waals surface area contributed by atoms with Crippen molar-refractivity contribution in [2.24, 2.45) is 5.14 Å². The van der Waals surface area contributed by atoms with Gasteiger partial charge in [0.25, 0.3) is 0 Å².